The summed E-state index contributed by atoms with van der Waals surface area (Å²) < 4.78 is 101. The zero-order chi connectivity index (χ0) is 18.1. The summed E-state index contributed by atoms with van der Waals surface area (Å²) >= 11 is 0.400. The van der Waals surface area contributed by atoms with Crippen LogP contribution in [0.2, 0.25) is 0 Å². The first-order valence-electron chi connectivity index (χ1n) is 5.80. The number of rotatable bonds is 5. The number of hydrogen-bond acceptors (Lipinski definition) is 7. The molecule has 132 valence electrons. The molecule has 0 bridgehead atoms. The van der Waals surface area contributed by atoms with Crippen LogP contribution in [0, 0.1) is 0 Å². The van der Waals surface area contributed by atoms with Gasteiger partial charge in [0, 0.05) is 6.42 Å². The number of alkyl halides is 3. The molecule has 0 aliphatic rings. The molecule has 0 aromatic carbocycles. The van der Waals surface area contributed by atoms with E-state index in [4.69, 9.17) is 0 Å². The van der Waals surface area contributed by atoms with Gasteiger partial charge in [-0.1, -0.05) is 16.5 Å². The maximum atomic E-state index is 12.7. The molecular weight excluding hydrogens is 388 g/mol. The highest BCUT2D eigenvalue weighted by Crippen LogP contribution is 2.32. The number of aromatic nitrogens is 3. The standard InChI is InChI=1S/C10H5F6N3O3S2/c11-4(6(12)13)1-2-24(20,21)9-17-3-5(23-9)7-18-8(22-19-7)10(14,15)16/h3H,1-2H2. The van der Waals surface area contributed by atoms with E-state index in [0.29, 0.717) is 11.3 Å². The van der Waals surface area contributed by atoms with E-state index < -0.39 is 56.1 Å². The van der Waals surface area contributed by atoms with Gasteiger partial charge in [-0.2, -0.15) is 26.9 Å². The molecule has 0 atom stereocenters. The third-order valence-electron chi connectivity index (χ3n) is 2.43. The predicted molar refractivity (Wildman–Crippen MR) is 67.4 cm³/mol. The third-order valence-corrected chi connectivity index (χ3v) is 5.61. The molecule has 6 nitrogen and oxygen atoms in total. The van der Waals surface area contributed by atoms with Crippen molar-refractivity contribution in [2.45, 2.75) is 16.9 Å². The zero-order valence-corrected chi connectivity index (χ0v) is 12.8. The summed E-state index contributed by atoms with van der Waals surface area (Å²) in [6.07, 6.45) is -7.67. The molecule has 0 spiro atoms. The molecule has 0 aliphatic heterocycles. The molecule has 0 N–H and O–H groups in total. The summed E-state index contributed by atoms with van der Waals surface area (Å²) in [5.41, 5.74) is 0. The van der Waals surface area contributed by atoms with Gasteiger partial charge in [0.2, 0.25) is 20.0 Å². The Balaban J connectivity index is 2.21. The second-order valence-corrected chi connectivity index (χ2v) is 7.46. The lowest BCUT2D eigenvalue weighted by Crippen LogP contribution is -2.06. The highest BCUT2D eigenvalue weighted by molar-refractivity contribution is 7.93. The van der Waals surface area contributed by atoms with Crippen LogP contribution in [0.4, 0.5) is 26.3 Å². The molecule has 14 heteroatoms. The fraction of sp³-hybridized carbons (Fsp3) is 0.300. The molecule has 0 amide bonds. The molecule has 0 saturated heterocycles. The molecule has 0 saturated carbocycles. The Morgan fingerprint density at radius 3 is 2.46 bits per heavy atom. The van der Waals surface area contributed by atoms with E-state index in [1.807, 2.05) is 0 Å². The van der Waals surface area contributed by atoms with Gasteiger partial charge in [0.05, 0.1) is 16.8 Å². The van der Waals surface area contributed by atoms with E-state index in [0.717, 1.165) is 6.20 Å². The van der Waals surface area contributed by atoms with Gasteiger partial charge in [-0.3, -0.25) is 0 Å². The van der Waals surface area contributed by atoms with Crippen molar-refractivity contribution in [1.29, 1.82) is 0 Å². The van der Waals surface area contributed by atoms with Gasteiger partial charge in [0.1, 0.15) is 0 Å². The van der Waals surface area contributed by atoms with Gasteiger partial charge < -0.3 is 4.52 Å². The quantitative estimate of drug-likeness (QED) is 0.724. The molecule has 0 radical (unpaired) electrons. The molecule has 0 fully saturated rings. The monoisotopic (exact) mass is 393 g/mol. The molecule has 0 unspecified atom stereocenters. The second kappa shape index (κ2) is 6.51. The van der Waals surface area contributed by atoms with Crippen molar-refractivity contribution in [3.63, 3.8) is 0 Å². The minimum absolute atomic E-state index is 0.152. The van der Waals surface area contributed by atoms with E-state index in [2.05, 4.69) is 19.6 Å². The van der Waals surface area contributed by atoms with E-state index in [-0.39, 0.29) is 4.88 Å². The first kappa shape index (κ1) is 18.4. The number of nitrogens with zero attached hydrogens (tertiary/aromatic N) is 3. The van der Waals surface area contributed by atoms with Crippen LogP contribution in [0.3, 0.4) is 0 Å². The number of sulfone groups is 1. The first-order valence-corrected chi connectivity index (χ1v) is 8.27. The van der Waals surface area contributed by atoms with Crippen LogP contribution >= 0.6 is 11.3 Å². The lowest BCUT2D eigenvalue weighted by Gasteiger charge is -1.98. The lowest BCUT2D eigenvalue weighted by atomic mass is 10.4. The number of hydrogen-bond donors (Lipinski definition) is 0. The minimum atomic E-state index is -4.87. The minimum Gasteiger partial charge on any atom is -0.329 e. The zero-order valence-electron chi connectivity index (χ0n) is 11.1. The summed E-state index contributed by atoms with van der Waals surface area (Å²) in [6.45, 7) is 0. The van der Waals surface area contributed by atoms with Crippen LogP contribution in [0.5, 0.6) is 0 Å². The van der Waals surface area contributed by atoms with Gasteiger partial charge in [-0.25, -0.2) is 17.8 Å². The molecule has 2 aromatic rings. The van der Waals surface area contributed by atoms with E-state index in [9.17, 15) is 34.8 Å². The van der Waals surface area contributed by atoms with Crippen molar-refractivity contribution in [1.82, 2.24) is 15.1 Å². The third kappa shape index (κ3) is 4.11. The van der Waals surface area contributed by atoms with Crippen LogP contribution in [-0.2, 0) is 16.0 Å². The van der Waals surface area contributed by atoms with E-state index >= 15 is 0 Å². The van der Waals surface area contributed by atoms with Crippen LogP contribution < -0.4 is 0 Å². The Hall–Kier alpha value is -1.96. The SMILES string of the molecule is O=S(=O)(CCC(F)=C(F)F)c1ncc(-c2noc(C(F)(F)F)n2)s1. The molecule has 2 heterocycles. The number of thiazole rings is 1. The second-order valence-electron chi connectivity index (χ2n) is 4.15. The summed E-state index contributed by atoms with van der Waals surface area (Å²) in [7, 11) is -4.21. The van der Waals surface area contributed by atoms with Crippen LogP contribution in [0.1, 0.15) is 12.3 Å². The van der Waals surface area contributed by atoms with Crippen LogP contribution in [-0.4, -0.2) is 29.3 Å². The van der Waals surface area contributed by atoms with Gasteiger partial charge in [-0.15, -0.1) is 0 Å². The Bertz CT molecular complexity index is 867. The Labute approximate surface area is 133 Å². The van der Waals surface area contributed by atoms with Crippen LogP contribution in [0.25, 0.3) is 10.7 Å². The van der Waals surface area contributed by atoms with Crippen molar-refractivity contribution in [2.75, 3.05) is 5.75 Å². The highest BCUT2D eigenvalue weighted by Gasteiger charge is 2.38. The molecule has 2 aromatic heterocycles. The summed E-state index contributed by atoms with van der Waals surface area (Å²) in [6, 6.07) is 0. The smallest absolute Gasteiger partial charge is 0.329 e. The number of allylic oxidation sites excluding steroid dienone is 1. The number of halogens is 6. The molecule has 0 aliphatic carbocycles. The van der Waals surface area contributed by atoms with Crippen molar-refractivity contribution in [2.24, 2.45) is 0 Å². The first-order chi connectivity index (χ1) is 11.0. The van der Waals surface area contributed by atoms with Crippen molar-refractivity contribution >= 4 is 21.2 Å². The summed E-state index contributed by atoms with van der Waals surface area (Å²) in [4.78, 5) is 6.36. The average molecular weight is 393 g/mol. The van der Waals surface area contributed by atoms with Crippen molar-refractivity contribution in [3.05, 3.63) is 24.0 Å². The Morgan fingerprint density at radius 2 is 1.92 bits per heavy atom. The summed E-state index contributed by atoms with van der Waals surface area (Å²) in [5.74, 6) is -5.02. The van der Waals surface area contributed by atoms with E-state index in [1.165, 1.54) is 0 Å². The lowest BCUT2D eigenvalue weighted by molar-refractivity contribution is -0.159. The van der Waals surface area contributed by atoms with E-state index in [1.54, 1.807) is 0 Å². The Kier molecular flexibility index (Phi) is 4.98. The van der Waals surface area contributed by atoms with Gasteiger partial charge in [0.25, 0.3) is 0 Å². The highest BCUT2D eigenvalue weighted by atomic mass is 32.2. The average Bonchev–Trinajstić information content (AvgIpc) is 3.12. The van der Waals surface area contributed by atoms with Gasteiger partial charge in [-0.05, 0) is 0 Å². The van der Waals surface area contributed by atoms with Crippen molar-refractivity contribution in [3.8, 4) is 10.7 Å². The molecule has 24 heavy (non-hydrogen) atoms. The fourth-order valence-corrected chi connectivity index (χ4v) is 3.79. The molecular formula is C10H5F6N3O3S2. The largest absolute Gasteiger partial charge is 0.471 e. The van der Waals surface area contributed by atoms with Crippen LogP contribution in [0.15, 0.2) is 27.0 Å². The molecule has 2 rings (SSSR count). The van der Waals surface area contributed by atoms with Gasteiger partial charge in [0.15, 0.2) is 5.83 Å². The topological polar surface area (TPSA) is 86.0 Å². The Morgan fingerprint density at radius 1 is 1.25 bits per heavy atom. The van der Waals surface area contributed by atoms with Crippen molar-refractivity contribution < 1.29 is 39.3 Å². The van der Waals surface area contributed by atoms with Gasteiger partial charge >= 0.3 is 18.1 Å². The predicted octanol–water partition coefficient (Wildman–Crippen LogP) is 3.45. The maximum Gasteiger partial charge on any atom is 0.471 e. The normalized spacial score (nSPS) is 12.4. The summed E-state index contributed by atoms with van der Waals surface area (Å²) in [5, 5.41) is 3.05. The fourth-order valence-electron chi connectivity index (χ4n) is 1.35. The maximum absolute atomic E-state index is 12.7.